The molecule has 0 saturated carbocycles. The topological polar surface area (TPSA) is 123 Å². The highest BCUT2D eigenvalue weighted by atomic mass is 16.5. The standard InChI is InChI=1S/C28H24N4O6/c1-17-7-3-5-9-21(17)29-25(33)16-31-14-18(20-8-4-6-10-23(20)31)13-22-26(34)32(28(36)30-22)15-19-11-12-24(38-19)27(35)37-2/h3-14H,15-16H2,1-2H3,(H,29,33)(H,30,36)/b22-13-. The summed E-state index contributed by atoms with van der Waals surface area (Å²) < 4.78 is 11.8. The number of imide groups is 1. The fourth-order valence-electron chi connectivity index (χ4n) is 4.28. The number of methoxy groups -OCH3 is 1. The van der Waals surface area contributed by atoms with Crippen LogP contribution in [0.3, 0.4) is 0 Å². The van der Waals surface area contributed by atoms with E-state index in [0.29, 0.717) is 5.56 Å². The minimum absolute atomic E-state index is 0.0235. The third-order valence-corrected chi connectivity index (χ3v) is 6.18. The number of anilines is 1. The Morgan fingerprint density at radius 1 is 1.05 bits per heavy atom. The van der Waals surface area contributed by atoms with Gasteiger partial charge in [0.1, 0.15) is 18.0 Å². The summed E-state index contributed by atoms with van der Waals surface area (Å²) in [7, 11) is 1.23. The van der Waals surface area contributed by atoms with Crippen molar-refractivity contribution in [2.24, 2.45) is 0 Å². The van der Waals surface area contributed by atoms with E-state index in [0.717, 1.165) is 27.1 Å². The van der Waals surface area contributed by atoms with Gasteiger partial charge in [-0.25, -0.2) is 9.59 Å². The molecule has 0 bridgehead atoms. The number of nitrogens with one attached hydrogen (secondary N) is 2. The summed E-state index contributed by atoms with van der Waals surface area (Å²) in [6.07, 6.45) is 3.35. The molecule has 38 heavy (non-hydrogen) atoms. The Balaban J connectivity index is 1.37. The lowest BCUT2D eigenvalue weighted by Gasteiger charge is -2.09. The van der Waals surface area contributed by atoms with Crippen molar-refractivity contribution >= 4 is 46.5 Å². The highest BCUT2D eigenvalue weighted by molar-refractivity contribution is 6.14. The molecule has 1 saturated heterocycles. The third-order valence-electron chi connectivity index (χ3n) is 6.18. The molecule has 1 fully saturated rings. The highest BCUT2D eigenvalue weighted by Crippen LogP contribution is 2.26. The summed E-state index contributed by atoms with van der Waals surface area (Å²) in [5, 5.41) is 6.34. The lowest BCUT2D eigenvalue weighted by Crippen LogP contribution is -2.30. The second kappa shape index (κ2) is 10.1. The number of aryl methyl sites for hydroxylation is 1. The van der Waals surface area contributed by atoms with Crippen LogP contribution in [0, 0.1) is 6.92 Å². The van der Waals surface area contributed by atoms with Crippen molar-refractivity contribution in [1.82, 2.24) is 14.8 Å². The Morgan fingerprint density at radius 3 is 2.61 bits per heavy atom. The zero-order valence-electron chi connectivity index (χ0n) is 20.7. The largest absolute Gasteiger partial charge is 0.463 e. The van der Waals surface area contributed by atoms with Crippen molar-refractivity contribution in [3.8, 4) is 0 Å². The van der Waals surface area contributed by atoms with Crippen molar-refractivity contribution in [3.63, 3.8) is 0 Å². The van der Waals surface area contributed by atoms with Gasteiger partial charge in [0.15, 0.2) is 0 Å². The van der Waals surface area contributed by atoms with Gasteiger partial charge in [0.2, 0.25) is 11.7 Å². The number of hydrogen-bond donors (Lipinski definition) is 2. The molecule has 4 amide bonds. The molecule has 1 aliphatic rings. The molecule has 0 spiro atoms. The molecular formula is C28H24N4O6. The number of nitrogens with zero attached hydrogens (tertiary/aromatic N) is 2. The Hall–Kier alpha value is -5.12. The number of aromatic nitrogens is 1. The Labute approximate surface area is 217 Å². The molecule has 0 atom stereocenters. The molecule has 1 aliphatic heterocycles. The van der Waals surface area contributed by atoms with Crippen LogP contribution in [0.15, 0.2) is 77.0 Å². The van der Waals surface area contributed by atoms with Gasteiger partial charge in [0.25, 0.3) is 5.91 Å². The van der Waals surface area contributed by atoms with Crippen LogP contribution >= 0.6 is 0 Å². The number of rotatable bonds is 7. The van der Waals surface area contributed by atoms with Crippen molar-refractivity contribution in [1.29, 1.82) is 0 Å². The monoisotopic (exact) mass is 512 g/mol. The van der Waals surface area contributed by atoms with Crippen molar-refractivity contribution < 1.29 is 28.3 Å². The summed E-state index contributed by atoms with van der Waals surface area (Å²) in [4.78, 5) is 51.0. The van der Waals surface area contributed by atoms with Crippen LogP contribution < -0.4 is 10.6 Å². The van der Waals surface area contributed by atoms with E-state index in [1.807, 2.05) is 55.5 Å². The minimum atomic E-state index is -0.655. The summed E-state index contributed by atoms with van der Waals surface area (Å²) in [6.45, 7) is 1.83. The number of ether oxygens (including phenoxy) is 1. The molecule has 0 aliphatic carbocycles. The number of urea groups is 1. The first kappa shape index (κ1) is 24.6. The van der Waals surface area contributed by atoms with E-state index < -0.39 is 17.9 Å². The molecule has 0 unspecified atom stereocenters. The summed E-state index contributed by atoms with van der Waals surface area (Å²) >= 11 is 0. The van der Waals surface area contributed by atoms with E-state index in [1.165, 1.54) is 19.2 Å². The van der Waals surface area contributed by atoms with Crippen molar-refractivity contribution in [3.05, 3.63) is 95.2 Å². The first-order valence-corrected chi connectivity index (χ1v) is 11.8. The number of carbonyl (C=O) groups excluding carboxylic acids is 4. The zero-order chi connectivity index (χ0) is 26.8. The van der Waals surface area contributed by atoms with Gasteiger partial charge in [-0.15, -0.1) is 0 Å². The molecule has 10 nitrogen and oxygen atoms in total. The number of esters is 1. The number of para-hydroxylation sites is 2. The quantitative estimate of drug-likeness (QED) is 0.219. The molecule has 4 aromatic rings. The van der Waals surface area contributed by atoms with E-state index in [2.05, 4.69) is 15.4 Å². The Morgan fingerprint density at radius 2 is 1.82 bits per heavy atom. The smallest absolute Gasteiger partial charge is 0.373 e. The molecule has 3 heterocycles. The second-order valence-corrected chi connectivity index (χ2v) is 8.73. The lowest BCUT2D eigenvalue weighted by atomic mass is 10.1. The van der Waals surface area contributed by atoms with E-state index in [4.69, 9.17) is 4.42 Å². The fraction of sp³-hybridized carbons (Fsp3) is 0.143. The molecule has 2 aromatic carbocycles. The van der Waals surface area contributed by atoms with Gasteiger partial charge in [0, 0.05) is 28.4 Å². The molecular weight excluding hydrogens is 488 g/mol. The molecule has 2 N–H and O–H groups in total. The first-order chi connectivity index (χ1) is 18.3. The minimum Gasteiger partial charge on any atom is -0.463 e. The predicted molar refractivity (Wildman–Crippen MR) is 139 cm³/mol. The number of fused-ring (bicyclic) bond motifs is 1. The number of benzene rings is 2. The van der Waals surface area contributed by atoms with Gasteiger partial charge in [-0.05, 0) is 42.8 Å². The van der Waals surface area contributed by atoms with E-state index >= 15 is 0 Å². The van der Waals surface area contributed by atoms with E-state index in [9.17, 15) is 19.2 Å². The Bertz CT molecular complexity index is 1610. The van der Waals surface area contributed by atoms with Gasteiger partial charge in [-0.1, -0.05) is 36.4 Å². The summed E-state index contributed by atoms with van der Waals surface area (Å²) in [6, 6.07) is 17.3. The summed E-state index contributed by atoms with van der Waals surface area (Å²) in [5.74, 6) is -1.16. The van der Waals surface area contributed by atoms with Crippen LogP contribution in [0.2, 0.25) is 0 Å². The third kappa shape index (κ3) is 4.79. The number of furan rings is 1. The second-order valence-electron chi connectivity index (χ2n) is 8.73. The maximum atomic E-state index is 13.0. The van der Waals surface area contributed by atoms with Gasteiger partial charge in [-0.2, -0.15) is 0 Å². The molecule has 10 heteroatoms. The lowest BCUT2D eigenvalue weighted by molar-refractivity contribution is -0.123. The van der Waals surface area contributed by atoms with Gasteiger partial charge in [0.05, 0.1) is 13.7 Å². The van der Waals surface area contributed by atoms with E-state index in [1.54, 1.807) is 16.8 Å². The molecule has 192 valence electrons. The normalized spacial score (nSPS) is 14.3. The first-order valence-electron chi connectivity index (χ1n) is 11.8. The van der Waals surface area contributed by atoms with Crippen LogP contribution in [-0.4, -0.2) is 40.4 Å². The van der Waals surface area contributed by atoms with E-state index in [-0.39, 0.29) is 36.2 Å². The van der Waals surface area contributed by atoms with Crippen molar-refractivity contribution in [2.45, 2.75) is 20.0 Å². The highest BCUT2D eigenvalue weighted by Gasteiger charge is 2.34. The zero-order valence-corrected chi connectivity index (χ0v) is 20.7. The maximum Gasteiger partial charge on any atom is 0.373 e. The average molecular weight is 513 g/mol. The Kier molecular flexibility index (Phi) is 6.53. The molecule has 0 radical (unpaired) electrons. The SMILES string of the molecule is COC(=O)c1ccc(CN2C(=O)N/C(=C\c3cn(CC(=O)Nc4ccccc4C)c4ccccc34)C2=O)o1. The van der Waals surface area contributed by atoms with Crippen LogP contribution in [0.4, 0.5) is 10.5 Å². The maximum absolute atomic E-state index is 13.0. The van der Waals surface area contributed by atoms with Crippen LogP contribution in [0.5, 0.6) is 0 Å². The van der Waals surface area contributed by atoms with Gasteiger partial charge >= 0.3 is 12.0 Å². The molecule has 5 rings (SSSR count). The number of amides is 4. The number of carbonyl (C=O) groups is 4. The molecule has 2 aromatic heterocycles. The van der Waals surface area contributed by atoms with Crippen LogP contribution in [-0.2, 0) is 27.4 Å². The average Bonchev–Trinajstić information content (AvgIpc) is 3.59. The number of hydrogen-bond acceptors (Lipinski definition) is 6. The van der Waals surface area contributed by atoms with Crippen LogP contribution in [0.25, 0.3) is 17.0 Å². The van der Waals surface area contributed by atoms with Gasteiger partial charge < -0.3 is 24.4 Å². The summed E-state index contributed by atoms with van der Waals surface area (Å²) in [5.41, 5.74) is 3.26. The van der Waals surface area contributed by atoms with Crippen LogP contribution in [0.1, 0.15) is 27.4 Å². The predicted octanol–water partition coefficient (Wildman–Crippen LogP) is 4.06. The fourth-order valence-corrected chi connectivity index (χ4v) is 4.28. The van der Waals surface area contributed by atoms with Crippen molar-refractivity contribution in [2.75, 3.05) is 12.4 Å². The van der Waals surface area contributed by atoms with Gasteiger partial charge in [-0.3, -0.25) is 14.5 Å².